The van der Waals surface area contributed by atoms with Gasteiger partial charge in [0, 0.05) is 31.4 Å². The van der Waals surface area contributed by atoms with Crippen LogP contribution in [0.2, 0.25) is 0 Å². The molecule has 0 spiro atoms. The van der Waals surface area contributed by atoms with Crippen LogP contribution in [-0.2, 0) is 11.3 Å². The van der Waals surface area contributed by atoms with Gasteiger partial charge >= 0.3 is 0 Å². The summed E-state index contributed by atoms with van der Waals surface area (Å²) in [6.07, 6.45) is -0.336. The molecule has 1 heterocycles. The summed E-state index contributed by atoms with van der Waals surface area (Å²) < 4.78 is 30.0. The molecule has 1 aliphatic heterocycles. The van der Waals surface area contributed by atoms with Crippen molar-refractivity contribution in [2.75, 3.05) is 13.2 Å². The molecule has 0 saturated carbocycles. The van der Waals surface area contributed by atoms with Crippen LogP contribution < -0.4 is 5.32 Å². The Morgan fingerprint density at radius 2 is 1.82 bits per heavy atom. The Hall–Kier alpha value is -1.00. The number of rotatable bonds is 4. The van der Waals surface area contributed by atoms with E-state index in [1.54, 1.807) is 12.1 Å². The van der Waals surface area contributed by atoms with Gasteiger partial charge in [-0.05, 0) is 18.4 Å². The molecular weight excluding hydrogens is 224 g/mol. The first-order valence-electron chi connectivity index (χ1n) is 5.94. The maximum atomic E-state index is 12.3. The van der Waals surface area contributed by atoms with Crippen LogP contribution in [0, 0.1) is 0 Å². The van der Waals surface area contributed by atoms with Crippen LogP contribution in [0.3, 0.4) is 0 Å². The lowest BCUT2D eigenvalue weighted by atomic mass is 10.1. The van der Waals surface area contributed by atoms with Gasteiger partial charge in [0.25, 0.3) is 6.43 Å². The zero-order chi connectivity index (χ0) is 12.1. The molecule has 1 fully saturated rings. The Kier molecular flexibility index (Phi) is 4.45. The maximum Gasteiger partial charge on any atom is 0.263 e. The highest BCUT2D eigenvalue weighted by atomic mass is 19.3. The highest BCUT2D eigenvalue weighted by Crippen LogP contribution is 2.18. The summed E-state index contributed by atoms with van der Waals surface area (Å²) in [7, 11) is 0. The van der Waals surface area contributed by atoms with Crippen LogP contribution in [0.25, 0.3) is 0 Å². The second-order valence-corrected chi connectivity index (χ2v) is 4.31. The lowest BCUT2D eigenvalue weighted by molar-refractivity contribution is 0.0776. The predicted molar refractivity (Wildman–Crippen MR) is 62.1 cm³/mol. The van der Waals surface area contributed by atoms with Crippen LogP contribution >= 0.6 is 0 Å². The summed E-state index contributed by atoms with van der Waals surface area (Å²) in [5.74, 6) is 0. The largest absolute Gasteiger partial charge is 0.381 e. The van der Waals surface area contributed by atoms with E-state index < -0.39 is 6.43 Å². The van der Waals surface area contributed by atoms with Crippen LogP contribution in [0.4, 0.5) is 8.78 Å². The number of hydrogen-bond donors (Lipinski definition) is 1. The molecule has 1 aliphatic rings. The molecule has 4 heteroatoms. The lowest BCUT2D eigenvalue weighted by Gasteiger charge is -2.23. The van der Waals surface area contributed by atoms with Gasteiger partial charge in [-0.25, -0.2) is 8.78 Å². The highest BCUT2D eigenvalue weighted by Gasteiger charge is 2.12. The zero-order valence-electron chi connectivity index (χ0n) is 9.66. The van der Waals surface area contributed by atoms with E-state index in [0.29, 0.717) is 6.04 Å². The van der Waals surface area contributed by atoms with Gasteiger partial charge in [-0.2, -0.15) is 0 Å². The second-order valence-electron chi connectivity index (χ2n) is 4.31. The molecule has 2 rings (SSSR count). The molecule has 0 atom stereocenters. The minimum atomic E-state index is -2.38. The summed E-state index contributed by atoms with van der Waals surface area (Å²) in [6, 6.07) is 6.98. The summed E-state index contributed by atoms with van der Waals surface area (Å²) in [5.41, 5.74) is 1.13. The van der Waals surface area contributed by atoms with Gasteiger partial charge in [-0.3, -0.25) is 0 Å². The molecule has 2 nitrogen and oxygen atoms in total. The van der Waals surface area contributed by atoms with Crippen molar-refractivity contribution in [2.24, 2.45) is 0 Å². The number of nitrogens with one attached hydrogen (secondary N) is 1. The van der Waals surface area contributed by atoms with E-state index in [2.05, 4.69) is 5.32 Å². The third-order valence-electron chi connectivity index (χ3n) is 3.05. The first-order valence-corrected chi connectivity index (χ1v) is 5.94. The van der Waals surface area contributed by atoms with Crippen molar-refractivity contribution in [3.63, 3.8) is 0 Å². The first kappa shape index (κ1) is 12.5. The van der Waals surface area contributed by atoms with E-state index in [-0.39, 0.29) is 5.56 Å². The number of alkyl halides is 2. The fourth-order valence-electron chi connectivity index (χ4n) is 1.94. The summed E-state index contributed by atoms with van der Waals surface area (Å²) in [4.78, 5) is 0. The molecule has 1 aromatic rings. The Morgan fingerprint density at radius 1 is 1.18 bits per heavy atom. The first-order chi connectivity index (χ1) is 8.25. The fourth-order valence-corrected chi connectivity index (χ4v) is 1.94. The van der Waals surface area contributed by atoms with Gasteiger partial charge < -0.3 is 10.1 Å². The Bertz CT molecular complexity index is 334. The smallest absolute Gasteiger partial charge is 0.263 e. The van der Waals surface area contributed by atoms with E-state index in [1.807, 2.05) is 0 Å². The van der Waals surface area contributed by atoms with Gasteiger partial charge in [0.15, 0.2) is 0 Å². The van der Waals surface area contributed by atoms with E-state index >= 15 is 0 Å². The molecule has 0 aliphatic carbocycles. The van der Waals surface area contributed by atoms with E-state index in [9.17, 15) is 8.78 Å². The van der Waals surface area contributed by atoms with Crippen molar-refractivity contribution in [2.45, 2.75) is 31.9 Å². The molecule has 1 saturated heterocycles. The maximum absolute atomic E-state index is 12.3. The highest BCUT2D eigenvalue weighted by molar-refractivity contribution is 5.23. The molecule has 0 bridgehead atoms. The van der Waals surface area contributed by atoms with E-state index in [4.69, 9.17) is 4.74 Å². The lowest BCUT2D eigenvalue weighted by Crippen LogP contribution is -2.34. The summed E-state index contributed by atoms with van der Waals surface area (Å²) >= 11 is 0. The van der Waals surface area contributed by atoms with Crippen molar-refractivity contribution >= 4 is 0 Å². The van der Waals surface area contributed by atoms with Gasteiger partial charge in [0.2, 0.25) is 0 Å². The van der Waals surface area contributed by atoms with Gasteiger partial charge in [-0.1, -0.05) is 24.3 Å². The third kappa shape index (κ3) is 3.75. The standard InChI is InChI=1S/C13H17F2NO/c14-13(15)11-3-1-10(2-4-11)9-16-12-5-7-17-8-6-12/h1-4,12-13,16H,5-9H2. The van der Waals surface area contributed by atoms with Crippen LogP contribution in [0.1, 0.15) is 30.4 Å². The topological polar surface area (TPSA) is 21.3 Å². The second kappa shape index (κ2) is 6.07. The third-order valence-corrected chi connectivity index (χ3v) is 3.05. The van der Waals surface area contributed by atoms with Gasteiger partial charge in [0.05, 0.1) is 0 Å². The van der Waals surface area contributed by atoms with Crippen molar-refractivity contribution < 1.29 is 13.5 Å². The Labute approximate surface area is 100.0 Å². The molecule has 0 amide bonds. The average Bonchev–Trinajstić information content (AvgIpc) is 2.38. The van der Waals surface area contributed by atoms with Crippen molar-refractivity contribution in [3.8, 4) is 0 Å². The Balaban J connectivity index is 1.82. The predicted octanol–water partition coefficient (Wildman–Crippen LogP) is 2.89. The quantitative estimate of drug-likeness (QED) is 0.875. The molecule has 0 unspecified atom stereocenters. The number of ether oxygens (including phenoxy) is 1. The molecular formula is C13H17F2NO. The van der Waals surface area contributed by atoms with Crippen LogP contribution in [0.5, 0.6) is 0 Å². The zero-order valence-corrected chi connectivity index (χ0v) is 9.66. The molecule has 1 N–H and O–H groups in total. The fraction of sp³-hybridized carbons (Fsp3) is 0.538. The van der Waals surface area contributed by atoms with Crippen LogP contribution in [-0.4, -0.2) is 19.3 Å². The van der Waals surface area contributed by atoms with Gasteiger partial charge in [0.1, 0.15) is 0 Å². The normalized spacial score (nSPS) is 17.6. The SMILES string of the molecule is FC(F)c1ccc(CNC2CCOCC2)cc1. The number of hydrogen-bond acceptors (Lipinski definition) is 2. The summed E-state index contributed by atoms with van der Waals surface area (Å²) in [6.45, 7) is 2.35. The minimum Gasteiger partial charge on any atom is -0.381 e. The van der Waals surface area contributed by atoms with Gasteiger partial charge in [-0.15, -0.1) is 0 Å². The molecule has 17 heavy (non-hydrogen) atoms. The number of benzene rings is 1. The molecule has 1 aromatic carbocycles. The van der Waals surface area contributed by atoms with E-state index in [0.717, 1.165) is 38.2 Å². The van der Waals surface area contributed by atoms with Crippen molar-refractivity contribution in [3.05, 3.63) is 35.4 Å². The van der Waals surface area contributed by atoms with Crippen molar-refractivity contribution in [1.29, 1.82) is 0 Å². The average molecular weight is 241 g/mol. The van der Waals surface area contributed by atoms with Crippen LogP contribution in [0.15, 0.2) is 24.3 Å². The molecule has 0 aromatic heterocycles. The van der Waals surface area contributed by atoms with Crippen molar-refractivity contribution in [1.82, 2.24) is 5.32 Å². The van der Waals surface area contributed by atoms with E-state index in [1.165, 1.54) is 12.1 Å². The number of halogens is 2. The monoisotopic (exact) mass is 241 g/mol. The molecule has 0 radical (unpaired) electrons. The minimum absolute atomic E-state index is 0.0832. The Morgan fingerprint density at radius 3 is 2.41 bits per heavy atom. The molecule has 94 valence electrons. The summed E-state index contributed by atoms with van der Waals surface area (Å²) in [5, 5.41) is 3.42.